The Morgan fingerprint density at radius 1 is 1.36 bits per heavy atom. The molecule has 1 amide bonds. The van der Waals surface area contributed by atoms with Crippen molar-refractivity contribution in [2.75, 3.05) is 27.2 Å². The van der Waals surface area contributed by atoms with E-state index in [1.54, 1.807) is 31.0 Å². The number of nitrogens with one attached hydrogen (secondary N) is 1. The van der Waals surface area contributed by atoms with Crippen LogP contribution in [-0.2, 0) is 7.05 Å². The van der Waals surface area contributed by atoms with Crippen LogP contribution in [0.25, 0.3) is 11.3 Å². The van der Waals surface area contributed by atoms with Crippen molar-refractivity contribution in [3.8, 4) is 17.0 Å². The van der Waals surface area contributed by atoms with Crippen LogP contribution < -0.4 is 10.1 Å². The normalized spacial score (nSPS) is 18.2. The smallest absolute Gasteiger partial charge is 0.272 e. The monoisotopic (exact) mass is 362 g/mol. The lowest BCUT2D eigenvalue weighted by Crippen LogP contribution is -2.46. The summed E-state index contributed by atoms with van der Waals surface area (Å²) in [6.07, 6.45) is 2.09. The molecule has 1 N–H and O–H groups in total. The van der Waals surface area contributed by atoms with Crippen molar-refractivity contribution in [1.29, 1.82) is 0 Å². The molecule has 0 aliphatic carbocycles. The second-order valence-electron chi connectivity index (χ2n) is 6.46. The van der Waals surface area contributed by atoms with Gasteiger partial charge in [0.2, 0.25) is 0 Å². The number of likely N-dealkylation sites (tertiary alicyclic amines) is 1. The number of hydrogen-bond donors (Lipinski definition) is 1. The van der Waals surface area contributed by atoms with Crippen molar-refractivity contribution in [3.63, 3.8) is 0 Å². The Hall–Kier alpha value is -2.05. The average molecular weight is 363 g/mol. The minimum absolute atomic E-state index is 0.146. The second-order valence-corrected chi connectivity index (χ2v) is 6.87. The van der Waals surface area contributed by atoms with Gasteiger partial charge in [0.25, 0.3) is 5.91 Å². The number of rotatable bonds is 4. The Balaban J connectivity index is 1.79. The Kier molecular flexibility index (Phi) is 5.30. The first-order valence-corrected chi connectivity index (χ1v) is 8.73. The minimum atomic E-state index is -0.146. The number of methoxy groups -OCH3 is 1. The van der Waals surface area contributed by atoms with E-state index in [0.717, 1.165) is 37.2 Å². The van der Waals surface area contributed by atoms with Crippen LogP contribution in [0.2, 0.25) is 5.02 Å². The summed E-state index contributed by atoms with van der Waals surface area (Å²) >= 11 is 6.35. The quantitative estimate of drug-likeness (QED) is 0.908. The summed E-state index contributed by atoms with van der Waals surface area (Å²) in [6.45, 7) is 1.95. The van der Waals surface area contributed by atoms with Gasteiger partial charge in [-0.1, -0.05) is 11.6 Å². The molecule has 2 aromatic rings. The molecule has 7 heteroatoms. The summed E-state index contributed by atoms with van der Waals surface area (Å²) in [7, 11) is 5.48. The van der Waals surface area contributed by atoms with Gasteiger partial charge in [0.1, 0.15) is 5.75 Å². The van der Waals surface area contributed by atoms with Gasteiger partial charge < -0.3 is 15.0 Å². The van der Waals surface area contributed by atoms with E-state index in [4.69, 9.17) is 16.3 Å². The highest BCUT2D eigenvalue weighted by atomic mass is 35.5. The number of carbonyl (C=O) groups is 1. The molecule has 1 aromatic carbocycles. The van der Waals surface area contributed by atoms with Crippen LogP contribution in [0, 0.1) is 0 Å². The van der Waals surface area contributed by atoms with Crippen LogP contribution >= 0.6 is 11.6 Å². The van der Waals surface area contributed by atoms with Gasteiger partial charge in [-0.25, -0.2) is 0 Å². The average Bonchev–Trinajstić information content (AvgIpc) is 2.96. The highest BCUT2D eigenvalue weighted by Crippen LogP contribution is 2.31. The third-order valence-electron chi connectivity index (χ3n) is 4.52. The molecule has 134 valence electrons. The number of nitrogens with zero attached hydrogens (tertiary/aromatic N) is 3. The van der Waals surface area contributed by atoms with Crippen molar-refractivity contribution >= 4 is 17.5 Å². The third kappa shape index (κ3) is 3.96. The molecule has 0 bridgehead atoms. The van der Waals surface area contributed by atoms with Crippen molar-refractivity contribution in [3.05, 3.63) is 35.0 Å². The molecule has 1 saturated heterocycles. The molecule has 0 spiro atoms. The van der Waals surface area contributed by atoms with Gasteiger partial charge in [-0.2, -0.15) is 5.10 Å². The van der Waals surface area contributed by atoms with Gasteiger partial charge in [0.15, 0.2) is 5.69 Å². The van der Waals surface area contributed by atoms with Crippen molar-refractivity contribution in [1.82, 2.24) is 20.0 Å². The van der Waals surface area contributed by atoms with Crippen molar-refractivity contribution < 1.29 is 9.53 Å². The maximum Gasteiger partial charge on any atom is 0.272 e. The van der Waals surface area contributed by atoms with Crippen LogP contribution in [0.4, 0.5) is 0 Å². The fourth-order valence-corrected chi connectivity index (χ4v) is 3.47. The largest absolute Gasteiger partial charge is 0.497 e. The first-order chi connectivity index (χ1) is 12.0. The molecule has 1 atom stereocenters. The van der Waals surface area contributed by atoms with E-state index in [1.807, 2.05) is 12.1 Å². The van der Waals surface area contributed by atoms with Gasteiger partial charge >= 0.3 is 0 Å². The Bertz CT molecular complexity index is 774. The van der Waals surface area contributed by atoms with E-state index >= 15 is 0 Å². The van der Waals surface area contributed by atoms with Gasteiger partial charge in [-0.3, -0.25) is 9.48 Å². The van der Waals surface area contributed by atoms with Crippen molar-refractivity contribution in [2.24, 2.45) is 7.05 Å². The van der Waals surface area contributed by atoms with Crippen LogP contribution in [0.3, 0.4) is 0 Å². The Morgan fingerprint density at radius 3 is 2.84 bits per heavy atom. The molecule has 25 heavy (non-hydrogen) atoms. The van der Waals surface area contributed by atoms with Gasteiger partial charge in [0, 0.05) is 25.2 Å². The van der Waals surface area contributed by atoms with Crippen LogP contribution in [-0.4, -0.2) is 53.9 Å². The molecule has 0 unspecified atom stereocenters. The molecule has 1 fully saturated rings. The van der Waals surface area contributed by atoms with E-state index < -0.39 is 0 Å². The van der Waals surface area contributed by atoms with E-state index in [2.05, 4.69) is 22.4 Å². The maximum atomic E-state index is 12.5. The summed E-state index contributed by atoms with van der Waals surface area (Å²) in [5, 5.41) is 8.00. The maximum absolute atomic E-state index is 12.5. The number of aryl methyl sites for hydroxylation is 1. The zero-order valence-corrected chi connectivity index (χ0v) is 15.5. The van der Waals surface area contributed by atoms with Gasteiger partial charge in [0.05, 0.1) is 17.8 Å². The number of likely N-dealkylation sites (N-methyl/N-ethyl adjacent to an activating group) is 1. The van der Waals surface area contributed by atoms with Gasteiger partial charge in [-0.05, 0) is 50.7 Å². The molecule has 1 aromatic heterocycles. The second kappa shape index (κ2) is 7.45. The molecule has 6 nitrogen and oxygen atoms in total. The number of aromatic nitrogens is 2. The van der Waals surface area contributed by atoms with Crippen molar-refractivity contribution in [2.45, 2.75) is 18.9 Å². The lowest BCUT2D eigenvalue weighted by molar-refractivity contribution is 0.0906. The zero-order chi connectivity index (χ0) is 18.0. The lowest BCUT2D eigenvalue weighted by Gasteiger charge is -2.29. The van der Waals surface area contributed by atoms with E-state index in [9.17, 15) is 4.79 Å². The number of halogens is 1. The predicted molar refractivity (Wildman–Crippen MR) is 98.2 cm³/mol. The Labute approximate surface area is 152 Å². The fourth-order valence-electron chi connectivity index (χ4n) is 3.20. The predicted octanol–water partition coefficient (Wildman–Crippen LogP) is 2.57. The van der Waals surface area contributed by atoms with Crippen LogP contribution in [0.5, 0.6) is 5.75 Å². The first kappa shape index (κ1) is 17.8. The number of piperidine rings is 1. The van der Waals surface area contributed by atoms with Crippen LogP contribution in [0.1, 0.15) is 23.3 Å². The third-order valence-corrected chi connectivity index (χ3v) is 4.84. The number of carbonyl (C=O) groups excluding carboxylic acids is 1. The molecule has 0 saturated carbocycles. The molecule has 3 rings (SSSR count). The Morgan fingerprint density at radius 2 is 2.16 bits per heavy atom. The summed E-state index contributed by atoms with van der Waals surface area (Å²) in [5.74, 6) is 0.544. The summed E-state index contributed by atoms with van der Waals surface area (Å²) in [5.41, 5.74) is 2.00. The van der Waals surface area contributed by atoms with Gasteiger partial charge in [-0.15, -0.1) is 0 Å². The number of benzene rings is 1. The molecular formula is C18H23ClN4O2. The summed E-state index contributed by atoms with van der Waals surface area (Å²) < 4.78 is 6.85. The summed E-state index contributed by atoms with van der Waals surface area (Å²) in [4.78, 5) is 14.8. The topological polar surface area (TPSA) is 59.4 Å². The number of amides is 1. The zero-order valence-electron chi connectivity index (χ0n) is 14.8. The van der Waals surface area contributed by atoms with E-state index in [-0.39, 0.29) is 11.9 Å². The molecular weight excluding hydrogens is 340 g/mol. The van der Waals surface area contributed by atoms with Crippen LogP contribution in [0.15, 0.2) is 24.3 Å². The molecule has 2 heterocycles. The lowest BCUT2D eigenvalue weighted by atomic mass is 10.1. The number of hydrogen-bond acceptors (Lipinski definition) is 4. The van der Waals surface area contributed by atoms with E-state index in [1.165, 1.54) is 0 Å². The SMILES string of the molecule is COc1ccc(-c2cc(C(=O)N[C@H]3CCCN(C)C3)nn2C)c(Cl)c1. The molecule has 1 aliphatic rings. The van der Waals surface area contributed by atoms with E-state index in [0.29, 0.717) is 16.5 Å². The highest BCUT2D eigenvalue weighted by molar-refractivity contribution is 6.33. The molecule has 1 aliphatic heterocycles. The highest BCUT2D eigenvalue weighted by Gasteiger charge is 2.22. The minimum Gasteiger partial charge on any atom is -0.497 e. The molecule has 0 radical (unpaired) electrons. The standard InChI is InChI=1S/C18H23ClN4O2/c1-22-8-4-5-12(11-22)20-18(24)16-10-17(23(2)21-16)14-7-6-13(25-3)9-15(14)19/h6-7,9-10,12H,4-5,8,11H2,1-3H3,(H,20,24)/t12-/m0/s1. The fraction of sp³-hybridized carbons (Fsp3) is 0.444. The summed E-state index contributed by atoms with van der Waals surface area (Å²) in [6, 6.07) is 7.40. The number of ether oxygens (including phenoxy) is 1. The first-order valence-electron chi connectivity index (χ1n) is 8.35.